The van der Waals surface area contributed by atoms with Gasteiger partial charge in [-0.15, -0.1) is 0 Å². The van der Waals surface area contributed by atoms with Crippen molar-refractivity contribution in [1.29, 1.82) is 0 Å². The average Bonchev–Trinajstić information content (AvgIpc) is 3.37. The van der Waals surface area contributed by atoms with Crippen molar-refractivity contribution >= 4 is 21.8 Å². The zero-order valence-corrected chi connectivity index (χ0v) is 14.3. The van der Waals surface area contributed by atoms with Crippen molar-refractivity contribution in [2.45, 2.75) is 38.3 Å². The zero-order chi connectivity index (χ0) is 16.2. The van der Waals surface area contributed by atoms with Gasteiger partial charge in [-0.3, -0.25) is 9.78 Å². The highest BCUT2D eigenvalue weighted by Crippen LogP contribution is 2.29. The Labute approximate surface area is 143 Å². The molecule has 5 heteroatoms. The minimum atomic E-state index is -0.266. The van der Waals surface area contributed by atoms with Gasteiger partial charge in [0.15, 0.2) is 0 Å². The van der Waals surface area contributed by atoms with Crippen LogP contribution in [0.3, 0.4) is 0 Å². The molecule has 3 nitrogen and oxygen atoms in total. The number of hydrogen-bond donors (Lipinski definition) is 0. The fourth-order valence-corrected chi connectivity index (χ4v) is 2.94. The summed E-state index contributed by atoms with van der Waals surface area (Å²) in [5.74, 6) is -0.184. The molecule has 3 rings (SSSR count). The summed E-state index contributed by atoms with van der Waals surface area (Å²) < 4.78 is 14.6. The number of carbonyl (C=O) groups excluding carboxylic acids is 1. The Kier molecular flexibility index (Phi) is 5.06. The predicted octanol–water partition coefficient (Wildman–Crippen LogP) is 4.11. The number of aryl methyl sites for hydroxylation is 1. The highest BCUT2D eigenvalue weighted by molar-refractivity contribution is 9.10. The summed E-state index contributed by atoms with van der Waals surface area (Å²) in [4.78, 5) is 18.6. The molecule has 1 saturated carbocycles. The number of benzene rings is 1. The summed E-state index contributed by atoms with van der Waals surface area (Å²) >= 11 is 3.24. The van der Waals surface area contributed by atoms with Gasteiger partial charge in [0, 0.05) is 35.9 Å². The van der Waals surface area contributed by atoms with E-state index in [0.29, 0.717) is 35.5 Å². The molecule has 2 aromatic rings. The van der Waals surface area contributed by atoms with Crippen LogP contribution >= 0.6 is 15.9 Å². The van der Waals surface area contributed by atoms with E-state index in [1.54, 1.807) is 24.5 Å². The number of aromatic nitrogens is 1. The molecule has 0 radical (unpaired) electrons. The Hall–Kier alpha value is -1.75. The minimum absolute atomic E-state index is 0.0821. The van der Waals surface area contributed by atoms with Crippen LogP contribution in [0, 0.1) is 5.82 Å². The van der Waals surface area contributed by atoms with Crippen LogP contribution in [0.5, 0.6) is 0 Å². The van der Waals surface area contributed by atoms with Crippen LogP contribution in [-0.2, 0) is 17.8 Å². The number of hydrogen-bond acceptors (Lipinski definition) is 2. The van der Waals surface area contributed by atoms with E-state index in [-0.39, 0.29) is 11.7 Å². The van der Waals surface area contributed by atoms with Crippen LogP contribution in [0.1, 0.15) is 30.4 Å². The first-order valence-electron chi connectivity index (χ1n) is 7.76. The number of carbonyl (C=O) groups is 1. The molecule has 1 aromatic heterocycles. The Morgan fingerprint density at radius 2 is 2.17 bits per heavy atom. The fourth-order valence-electron chi connectivity index (χ4n) is 2.61. The Morgan fingerprint density at radius 1 is 1.35 bits per heavy atom. The molecular weight excluding hydrogens is 359 g/mol. The van der Waals surface area contributed by atoms with Gasteiger partial charge in [-0.2, -0.15) is 0 Å². The number of rotatable bonds is 6. The first-order chi connectivity index (χ1) is 11.1. The van der Waals surface area contributed by atoms with Crippen molar-refractivity contribution in [3.63, 3.8) is 0 Å². The van der Waals surface area contributed by atoms with Gasteiger partial charge in [0.1, 0.15) is 5.82 Å². The Bertz CT molecular complexity index is 689. The van der Waals surface area contributed by atoms with E-state index < -0.39 is 0 Å². The summed E-state index contributed by atoms with van der Waals surface area (Å²) in [5, 5.41) is 0. The molecule has 0 unspecified atom stereocenters. The summed E-state index contributed by atoms with van der Waals surface area (Å²) in [6, 6.07) is 9.16. The van der Waals surface area contributed by atoms with Crippen LogP contribution in [0.15, 0.2) is 47.2 Å². The molecule has 0 bridgehead atoms. The lowest BCUT2D eigenvalue weighted by Gasteiger charge is -2.22. The standard InChI is InChI=1S/C18H18BrFN2O/c19-15-5-3-14(17(20)10-15)4-8-18(23)22(16-6-7-16)12-13-2-1-9-21-11-13/h1-3,5,9-11,16H,4,6-8,12H2. The number of nitrogens with zero attached hydrogens (tertiary/aromatic N) is 2. The summed E-state index contributed by atoms with van der Waals surface area (Å²) in [6.45, 7) is 0.583. The van der Waals surface area contributed by atoms with E-state index in [1.807, 2.05) is 17.0 Å². The van der Waals surface area contributed by atoms with E-state index in [2.05, 4.69) is 20.9 Å². The van der Waals surface area contributed by atoms with Gasteiger partial charge in [-0.25, -0.2) is 4.39 Å². The third-order valence-electron chi connectivity index (χ3n) is 4.01. The minimum Gasteiger partial charge on any atom is -0.335 e. The van der Waals surface area contributed by atoms with Crippen LogP contribution in [0.25, 0.3) is 0 Å². The lowest BCUT2D eigenvalue weighted by Crippen LogP contribution is -2.32. The normalized spacial score (nSPS) is 13.8. The van der Waals surface area contributed by atoms with Gasteiger partial charge in [0.2, 0.25) is 5.91 Å². The molecule has 0 aliphatic heterocycles. The van der Waals surface area contributed by atoms with Crippen molar-refractivity contribution in [2.24, 2.45) is 0 Å². The summed E-state index contributed by atoms with van der Waals surface area (Å²) in [6.07, 6.45) is 6.38. The molecule has 0 N–H and O–H groups in total. The van der Waals surface area contributed by atoms with E-state index in [0.717, 1.165) is 18.4 Å². The monoisotopic (exact) mass is 376 g/mol. The van der Waals surface area contributed by atoms with Gasteiger partial charge >= 0.3 is 0 Å². The quantitative estimate of drug-likeness (QED) is 0.759. The summed E-state index contributed by atoms with van der Waals surface area (Å²) in [7, 11) is 0. The first-order valence-corrected chi connectivity index (χ1v) is 8.55. The van der Waals surface area contributed by atoms with Gasteiger partial charge in [-0.1, -0.05) is 28.1 Å². The van der Waals surface area contributed by atoms with E-state index in [4.69, 9.17) is 0 Å². The van der Waals surface area contributed by atoms with E-state index in [9.17, 15) is 9.18 Å². The molecule has 1 fully saturated rings. The average molecular weight is 377 g/mol. The SMILES string of the molecule is O=C(CCc1ccc(Br)cc1F)N(Cc1cccnc1)C1CC1. The van der Waals surface area contributed by atoms with Crippen molar-refractivity contribution < 1.29 is 9.18 Å². The molecule has 0 atom stereocenters. The van der Waals surface area contributed by atoms with Gasteiger partial charge in [0.25, 0.3) is 0 Å². The molecule has 1 aromatic carbocycles. The maximum absolute atomic E-state index is 13.9. The van der Waals surface area contributed by atoms with E-state index in [1.165, 1.54) is 6.07 Å². The Balaban J connectivity index is 1.62. The molecule has 23 heavy (non-hydrogen) atoms. The van der Waals surface area contributed by atoms with Gasteiger partial charge < -0.3 is 4.90 Å². The molecular formula is C18H18BrFN2O. The van der Waals surface area contributed by atoms with E-state index >= 15 is 0 Å². The lowest BCUT2D eigenvalue weighted by molar-refractivity contribution is -0.132. The van der Waals surface area contributed by atoms with Crippen LogP contribution in [-0.4, -0.2) is 21.8 Å². The molecule has 0 saturated heterocycles. The molecule has 120 valence electrons. The molecule has 1 aliphatic carbocycles. The Morgan fingerprint density at radius 3 is 2.83 bits per heavy atom. The number of pyridine rings is 1. The maximum atomic E-state index is 13.9. The second kappa shape index (κ2) is 7.21. The van der Waals surface area contributed by atoms with Gasteiger partial charge in [-0.05, 0) is 48.6 Å². The fraction of sp³-hybridized carbons (Fsp3) is 0.333. The van der Waals surface area contributed by atoms with Crippen molar-refractivity contribution in [3.05, 3.63) is 64.1 Å². The zero-order valence-electron chi connectivity index (χ0n) is 12.7. The molecule has 0 spiro atoms. The predicted molar refractivity (Wildman–Crippen MR) is 90.2 cm³/mol. The van der Waals surface area contributed by atoms with Crippen LogP contribution in [0.4, 0.5) is 4.39 Å². The molecule has 1 heterocycles. The lowest BCUT2D eigenvalue weighted by atomic mass is 10.1. The molecule has 1 amide bonds. The molecule has 1 aliphatic rings. The van der Waals surface area contributed by atoms with Crippen LogP contribution < -0.4 is 0 Å². The van der Waals surface area contributed by atoms with Crippen LogP contribution in [0.2, 0.25) is 0 Å². The second-order valence-electron chi connectivity index (χ2n) is 5.85. The number of halogens is 2. The third kappa shape index (κ3) is 4.38. The highest BCUT2D eigenvalue weighted by atomic mass is 79.9. The van der Waals surface area contributed by atoms with Crippen molar-refractivity contribution in [1.82, 2.24) is 9.88 Å². The highest BCUT2D eigenvalue weighted by Gasteiger charge is 2.32. The topological polar surface area (TPSA) is 33.2 Å². The van der Waals surface area contributed by atoms with Crippen molar-refractivity contribution in [3.8, 4) is 0 Å². The second-order valence-corrected chi connectivity index (χ2v) is 6.77. The largest absolute Gasteiger partial charge is 0.335 e. The number of amides is 1. The summed E-state index contributed by atoms with van der Waals surface area (Å²) in [5.41, 5.74) is 1.61. The smallest absolute Gasteiger partial charge is 0.223 e. The first kappa shape index (κ1) is 16.1. The van der Waals surface area contributed by atoms with Crippen molar-refractivity contribution in [2.75, 3.05) is 0 Å². The third-order valence-corrected chi connectivity index (χ3v) is 4.50. The van der Waals surface area contributed by atoms with Gasteiger partial charge in [0.05, 0.1) is 0 Å². The maximum Gasteiger partial charge on any atom is 0.223 e.